The van der Waals surface area contributed by atoms with Crippen LogP contribution in [0, 0.1) is 50.2 Å². The van der Waals surface area contributed by atoms with E-state index < -0.39 is 230 Å². The van der Waals surface area contributed by atoms with Crippen LogP contribution in [0.1, 0.15) is 101 Å². The van der Waals surface area contributed by atoms with Gasteiger partial charge in [-0.15, -0.1) is 0 Å². The normalized spacial score (nSPS) is 51.5. The van der Waals surface area contributed by atoms with Gasteiger partial charge in [0.1, 0.15) is 91.7 Å². The standard InChI is InChI=1S/C59H90O28/c1-10-23(2)49(77)87-47-46(80-24(3)63)54(4,5)17-26-25-11-12-31-55(6)15-14-32(56(7,21-61)30(55)13-16-57(31,8)58(25,9)44(73)45(74)59(26,47)22-62)82-53-43(86-51-38(71)36(69)35(68)29(18-60)81-51)40(39(72)41(84-53)48(75)76)83-52-42(34(67)28(65)20-79-52)85-50-37(70)33(66)27(64)19-78-50/h10-11,21,26-47,50-53,60,62,64-74H,12-20,22H2,1-9H3,(H,75,76)/b23-10-/t26-,27+,28-,29+,30?,31?,32-,33-,34-,35-,36-,37+,38+,39-,40-,41-,42+,43+,44-,45+,46-,47-,50-,51-,52-,53+,55-,56-,57+,58-,59-/m0/s1. The largest absolute Gasteiger partial charge is 0.479 e. The summed E-state index contributed by atoms with van der Waals surface area (Å²) in [4.78, 5) is 53.9. The first kappa shape index (κ1) is 68.1. The third kappa shape index (κ3) is 11.0. The Morgan fingerprint density at radius 2 is 1.28 bits per heavy atom. The van der Waals surface area contributed by atoms with Gasteiger partial charge in [-0.1, -0.05) is 59.3 Å². The van der Waals surface area contributed by atoms with E-state index >= 15 is 0 Å². The van der Waals surface area contributed by atoms with Crippen molar-refractivity contribution in [1.29, 1.82) is 0 Å². The number of aldehydes is 1. The van der Waals surface area contributed by atoms with Crippen molar-refractivity contribution in [3.63, 3.8) is 0 Å². The van der Waals surface area contributed by atoms with Gasteiger partial charge in [0.25, 0.3) is 0 Å². The predicted molar refractivity (Wildman–Crippen MR) is 290 cm³/mol. The second-order valence-corrected chi connectivity index (χ2v) is 27.3. The second-order valence-electron chi connectivity index (χ2n) is 27.3. The summed E-state index contributed by atoms with van der Waals surface area (Å²) in [5, 5.41) is 157. The van der Waals surface area contributed by atoms with Crippen LogP contribution < -0.4 is 0 Å². The zero-order valence-corrected chi connectivity index (χ0v) is 50.3. The molecule has 9 aliphatic rings. The molecule has 494 valence electrons. The van der Waals surface area contributed by atoms with Gasteiger partial charge < -0.3 is 124 Å². The Balaban J connectivity index is 1.07. The number of carbonyl (C=O) groups is 4. The molecule has 14 N–H and O–H groups in total. The Hall–Kier alpha value is -3.28. The maximum absolute atomic E-state index is 14.2. The zero-order chi connectivity index (χ0) is 64.2. The fourth-order valence-corrected chi connectivity index (χ4v) is 17.1. The average molecular weight is 1250 g/mol. The first-order chi connectivity index (χ1) is 40.7. The molecule has 8 fully saturated rings. The molecule has 5 aliphatic carbocycles. The fraction of sp³-hybridized carbons (Fsp3) is 0.864. The van der Waals surface area contributed by atoms with E-state index in [1.165, 1.54) is 6.92 Å². The van der Waals surface area contributed by atoms with Crippen LogP contribution in [0.4, 0.5) is 0 Å². The van der Waals surface area contributed by atoms with Gasteiger partial charge in [0.05, 0.1) is 55.6 Å². The molecule has 31 atom stereocenters. The van der Waals surface area contributed by atoms with Gasteiger partial charge >= 0.3 is 17.9 Å². The number of esters is 2. The summed E-state index contributed by atoms with van der Waals surface area (Å²) in [6.07, 6.45) is -36.3. The third-order valence-corrected chi connectivity index (χ3v) is 22.3. The van der Waals surface area contributed by atoms with Crippen LogP contribution in [-0.4, -0.2) is 263 Å². The summed E-state index contributed by atoms with van der Waals surface area (Å²) in [6, 6.07) is 0. The highest BCUT2D eigenvalue weighted by atomic mass is 16.8. The van der Waals surface area contributed by atoms with Crippen LogP contribution in [0.25, 0.3) is 0 Å². The van der Waals surface area contributed by atoms with Gasteiger partial charge in [-0.3, -0.25) is 4.79 Å². The summed E-state index contributed by atoms with van der Waals surface area (Å²) >= 11 is 0. The van der Waals surface area contributed by atoms with E-state index in [4.69, 9.17) is 47.4 Å². The topological polar surface area (TPSA) is 444 Å². The summed E-state index contributed by atoms with van der Waals surface area (Å²) in [6.45, 7) is 12.9. The average Bonchev–Trinajstić information content (AvgIpc) is 0.682. The lowest BCUT2D eigenvalue weighted by Crippen LogP contribution is -2.76. The Morgan fingerprint density at radius 1 is 0.655 bits per heavy atom. The molecule has 4 heterocycles. The maximum Gasteiger partial charge on any atom is 0.335 e. The van der Waals surface area contributed by atoms with Gasteiger partial charge in [-0.2, -0.15) is 0 Å². The molecule has 87 heavy (non-hydrogen) atoms. The Morgan fingerprint density at radius 3 is 1.89 bits per heavy atom. The highest BCUT2D eigenvalue weighted by Gasteiger charge is 2.77. The molecule has 4 saturated heterocycles. The molecule has 0 aromatic heterocycles. The zero-order valence-electron chi connectivity index (χ0n) is 50.3. The Kier molecular flexibility index (Phi) is 19.5. The van der Waals surface area contributed by atoms with E-state index in [0.29, 0.717) is 25.7 Å². The predicted octanol–water partition coefficient (Wildman–Crippen LogP) is -3.04. The Bertz CT molecular complexity index is 2580. The first-order valence-corrected chi connectivity index (χ1v) is 30.0. The summed E-state index contributed by atoms with van der Waals surface area (Å²) in [5.41, 5.74) is -6.12. The number of rotatable bonds is 15. The Labute approximate surface area is 502 Å². The lowest BCUT2D eigenvalue weighted by atomic mass is 9.32. The number of aliphatic hydroxyl groups is 13. The minimum absolute atomic E-state index is 0.0440. The van der Waals surface area contributed by atoms with E-state index in [9.17, 15) is 90.7 Å². The molecule has 28 nitrogen and oxygen atoms in total. The molecule has 2 unspecified atom stereocenters. The van der Waals surface area contributed by atoms with Crippen molar-refractivity contribution in [1.82, 2.24) is 0 Å². The SMILES string of the molecule is C/C=C(/C)C(=O)O[C@H]1[C@H](OC(C)=O)C(C)(C)C[C@H]2C3=CCC4[C@@]5(C)CC[C@H](O[C@@H]6O[C@H](C(=O)O)[C@@H](O)[C@H](O[C@@H]7OC[C@H](O)[C@H](O)[C@H]7O[C@@H]7OC[C@@H](O)[C@H](O)[C@H]7O)[C@H]6O[C@@H]6O[C@H](CO)[C@H](O)[C@H](O)[C@H]6O)[C@@](C)(C=O)C5CC[C@@]4(C)[C@]3(C)[C@@H](O)[C@@H](O)[C@]21CO. The van der Waals surface area contributed by atoms with Crippen LogP contribution >= 0.6 is 0 Å². The molecular weight excluding hydrogens is 1160 g/mol. The van der Waals surface area contributed by atoms with Crippen molar-refractivity contribution in [3.8, 4) is 0 Å². The summed E-state index contributed by atoms with van der Waals surface area (Å²) in [7, 11) is 0. The number of hydrogen-bond acceptors (Lipinski definition) is 27. The summed E-state index contributed by atoms with van der Waals surface area (Å²) < 4.78 is 60.3. The molecule has 9 rings (SSSR count). The highest BCUT2D eigenvalue weighted by Crippen LogP contribution is 2.76. The number of ether oxygens (including phenoxy) is 10. The minimum Gasteiger partial charge on any atom is -0.479 e. The van der Waals surface area contributed by atoms with Crippen molar-refractivity contribution < 1.29 is 138 Å². The number of aliphatic hydroxyl groups excluding tert-OH is 13. The molecule has 4 aliphatic heterocycles. The monoisotopic (exact) mass is 1250 g/mol. The molecule has 0 aromatic rings. The molecule has 0 bridgehead atoms. The molecular formula is C59H90O28. The summed E-state index contributed by atoms with van der Waals surface area (Å²) in [5.74, 6) is -4.86. The number of carbonyl (C=O) groups excluding carboxylic acids is 3. The van der Waals surface area contributed by atoms with Gasteiger partial charge in [0, 0.05) is 23.3 Å². The lowest BCUT2D eigenvalue weighted by Gasteiger charge is -2.73. The van der Waals surface area contributed by atoms with Crippen molar-refractivity contribution in [2.75, 3.05) is 26.4 Å². The van der Waals surface area contributed by atoms with Gasteiger partial charge in [0.2, 0.25) is 0 Å². The van der Waals surface area contributed by atoms with Gasteiger partial charge in [-0.25, -0.2) is 9.59 Å². The van der Waals surface area contributed by atoms with Crippen molar-refractivity contribution in [3.05, 3.63) is 23.3 Å². The van der Waals surface area contributed by atoms with Crippen LogP contribution in [0.3, 0.4) is 0 Å². The van der Waals surface area contributed by atoms with Crippen LogP contribution in [0.2, 0.25) is 0 Å². The van der Waals surface area contributed by atoms with Crippen molar-refractivity contribution in [2.24, 2.45) is 50.2 Å². The molecule has 0 spiro atoms. The lowest BCUT2D eigenvalue weighted by molar-refractivity contribution is -0.398. The number of allylic oxidation sites excluding steroid dienone is 2. The second kappa shape index (κ2) is 25.0. The van der Waals surface area contributed by atoms with Crippen molar-refractivity contribution >= 4 is 24.2 Å². The number of fused-ring (bicyclic) bond motifs is 7. The number of carboxylic acid groups (broad SMARTS) is 1. The van der Waals surface area contributed by atoms with Crippen LogP contribution in [0.5, 0.6) is 0 Å². The van der Waals surface area contributed by atoms with Gasteiger partial charge in [-0.05, 0) is 81.0 Å². The maximum atomic E-state index is 14.2. The molecule has 0 aromatic carbocycles. The van der Waals surface area contributed by atoms with Crippen molar-refractivity contribution in [2.45, 2.75) is 242 Å². The number of hydrogen-bond donors (Lipinski definition) is 14. The van der Waals surface area contributed by atoms with E-state index in [2.05, 4.69) is 6.92 Å². The van der Waals surface area contributed by atoms with Crippen LogP contribution in [-0.2, 0) is 66.5 Å². The van der Waals surface area contributed by atoms with Crippen LogP contribution in [0.15, 0.2) is 23.3 Å². The first-order valence-electron chi connectivity index (χ1n) is 30.0. The molecule has 0 amide bonds. The number of carboxylic acids is 1. The smallest absolute Gasteiger partial charge is 0.335 e. The fourth-order valence-electron chi connectivity index (χ4n) is 17.1. The quantitative estimate of drug-likeness (QED) is 0.0255. The molecule has 28 heteroatoms. The van der Waals surface area contributed by atoms with E-state index in [0.717, 1.165) is 11.9 Å². The molecule has 4 saturated carbocycles. The minimum atomic E-state index is -2.30. The van der Waals surface area contributed by atoms with E-state index in [1.807, 2.05) is 33.8 Å². The molecule has 0 radical (unpaired) electrons. The number of aliphatic carboxylic acids is 1. The third-order valence-electron chi connectivity index (χ3n) is 22.3. The van der Waals surface area contributed by atoms with Gasteiger partial charge in [0.15, 0.2) is 37.4 Å². The van der Waals surface area contributed by atoms with E-state index in [-0.39, 0.29) is 24.3 Å². The highest BCUT2D eigenvalue weighted by molar-refractivity contribution is 5.88. The van der Waals surface area contributed by atoms with E-state index in [1.54, 1.807) is 26.8 Å².